The summed E-state index contributed by atoms with van der Waals surface area (Å²) < 4.78 is 2.04. The second-order valence-electron chi connectivity index (χ2n) is 7.03. The molecule has 0 spiro atoms. The Bertz CT molecular complexity index is 623. The van der Waals surface area contributed by atoms with Crippen molar-refractivity contribution in [2.45, 2.75) is 64.1 Å². The van der Waals surface area contributed by atoms with Crippen molar-refractivity contribution in [1.82, 2.24) is 25.7 Å². The summed E-state index contributed by atoms with van der Waals surface area (Å²) in [4.78, 5) is 16.0. The van der Waals surface area contributed by atoms with E-state index in [1.165, 1.54) is 11.3 Å². The highest BCUT2D eigenvalue weighted by molar-refractivity contribution is 14.0. The van der Waals surface area contributed by atoms with E-state index in [-0.39, 0.29) is 36.4 Å². The van der Waals surface area contributed by atoms with Gasteiger partial charge in [0.2, 0.25) is 5.91 Å². The van der Waals surface area contributed by atoms with E-state index in [1.807, 2.05) is 4.68 Å². The van der Waals surface area contributed by atoms with Gasteiger partial charge in [0, 0.05) is 37.8 Å². The monoisotopic (exact) mass is 460 g/mol. The van der Waals surface area contributed by atoms with Crippen molar-refractivity contribution >= 4 is 35.8 Å². The smallest absolute Gasteiger partial charge is 0.239 e. The van der Waals surface area contributed by atoms with Crippen LogP contribution >= 0.6 is 24.0 Å². The predicted octanol–water partition coefficient (Wildman–Crippen LogP) is 1.38. The van der Waals surface area contributed by atoms with Gasteiger partial charge in [0.1, 0.15) is 0 Å². The lowest BCUT2D eigenvalue weighted by Gasteiger charge is -2.24. The van der Waals surface area contributed by atoms with Gasteiger partial charge < -0.3 is 16.0 Å². The number of aliphatic imine (C=N–C) groups is 1. The minimum Gasteiger partial charge on any atom is -0.353 e. The van der Waals surface area contributed by atoms with E-state index in [2.05, 4.69) is 41.0 Å². The molecule has 1 unspecified atom stereocenters. The average molecular weight is 460 g/mol. The average Bonchev–Trinajstić information content (AvgIpc) is 3.25. The fraction of sp³-hybridized carbons (Fsp3) is 0.706. The normalized spacial score (nSPS) is 19.8. The lowest BCUT2D eigenvalue weighted by molar-refractivity contribution is -0.120. The number of nitrogens with one attached hydrogen (secondary N) is 3. The number of halogens is 1. The number of rotatable bonds is 5. The molecular formula is C17H29IN6O. The molecule has 1 heterocycles. The molecule has 2 aliphatic carbocycles. The summed E-state index contributed by atoms with van der Waals surface area (Å²) in [5.74, 6) is 0.708. The Labute approximate surface area is 166 Å². The number of carbonyl (C=O) groups excluding carboxylic acids is 1. The maximum atomic E-state index is 11.8. The molecule has 2 aliphatic rings. The van der Waals surface area contributed by atoms with Gasteiger partial charge in [-0.3, -0.25) is 14.5 Å². The number of guanidine groups is 1. The third-order valence-corrected chi connectivity index (χ3v) is 4.55. The first-order chi connectivity index (χ1) is 11.5. The van der Waals surface area contributed by atoms with Crippen LogP contribution in [0.4, 0.5) is 0 Å². The molecule has 0 radical (unpaired) electrons. The van der Waals surface area contributed by atoms with E-state index in [4.69, 9.17) is 5.10 Å². The molecule has 0 bridgehead atoms. The summed E-state index contributed by atoms with van der Waals surface area (Å²) in [6.07, 6.45) is 7.35. The van der Waals surface area contributed by atoms with Crippen LogP contribution in [0.25, 0.3) is 0 Å². The van der Waals surface area contributed by atoms with Gasteiger partial charge in [0.05, 0.1) is 12.2 Å². The highest BCUT2D eigenvalue weighted by atomic mass is 127. The van der Waals surface area contributed by atoms with Crippen LogP contribution in [-0.2, 0) is 17.6 Å². The summed E-state index contributed by atoms with van der Waals surface area (Å²) in [5.41, 5.74) is 2.53. The van der Waals surface area contributed by atoms with E-state index >= 15 is 0 Å². The number of hydrogen-bond acceptors (Lipinski definition) is 3. The molecule has 8 heteroatoms. The molecule has 1 atom stereocenters. The van der Waals surface area contributed by atoms with Crippen molar-refractivity contribution in [3.05, 3.63) is 17.5 Å². The molecule has 0 saturated heterocycles. The zero-order valence-electron chi connectivity index (χ0n) is 15.2. The van der Waals surface area contributed by atoms with E-state index in [1.54, 1.807) is 7.05 Å². The predicted molar refractivity (Wildman–Crippen MR) is 110 cm³/mol. The van der Waals surface area contributed by atoms with Crippen molar-refractivity contribution in [2.75, 3.05) is 13.6 Å². The molecule has 25 heavy (non-hydrogen) atoms. The Kier molecular flexibility index (Phi) is 7.09. The molecule has 3 rings (SSSR count). The largest absolute Gasteiger partial charge is 0.353 e. The number of aromatic nitrogens is 2. The Morgan fingerprint density at radius 1 is 1.32 bits per heavy atom. The minimum absolute atomic E-state index is 0. The zero-order chi connectivity index (χ0) is 17.1. The molecule has 1 aromatic heterocycles. The molecule has 1 amide bonds. The van der Waals surface area contributed by atoms with E-state index in [9.17, 15) is 4.79 Å². The number of fused-ring (bicyclic) bond motifs is 1. The van der Waals surface area contributed by atoms with Gasteiger partial charge in [0.15, 0.2) is 5.96 Å². The standard InChI is InChI=1S/C17H28N6O.HI/c1-11(2)23-10-12-4-5-14(8-15(12)22-23)21-17(18-3)19-9-16(24)20-13-6-7-13;/h10-11,13-14H,4-9H2,1-3H3,(H,20,24)(H2,18,19,21);1H. The van der Waals surface area contributed by atoms with Gasteiger partial charge >= 0.3 is 0 Å². The Hall–Kier alpha value is -1.32. The van der Waals surface area contributed by atoms with Crippen molar-refractivity contribution < 1.29 is 4.79 Å². The van der Waals surface area contributed by atoms with Crippen molar-refractivity contribution in [2.24, 2.45) is 4.99 Å². The number of nitrogens with zero attached hydrogens (tertiary/aromatic N) is 3. The van der Waals surface area contributed by atoms with Crippen LogP contribution in [-0.4, -0.2) is 47.3 Å². The Morgan fingerprint density at radius 3 is 2.72 bits per heavy atom. The molecule has 1 saturated carbocycles. The van der Waals surface area contributed by atoms with Crippen LogP contribution in [0.1, 0.15) is 50.4 Å². The van der Waals surface area contributed by atoms with Crippen LogP contribution in [0.5, 0.6) is 0 Å². The third-order valence-electron chi connectivity index (χ3n) is 4.55. The maximum Gasteiger partial charge on any atom is 0.239 e. The summed E-state index contributed by atoms with van der Waals surface area (Å²) in [5, 5.41) is 14.2. The SMILES string of the molecule is CN=C(NCC(=O)NC1CC1)NC1CCc2cn(C(C)C)nc2C1.I. The maximum absolute atomic E-state index is 11.8. The molecule has 0 aliphatic heterocycles. The van der Waals surface area contributed by atoms with Crippen LogP contribution in [0.3, 0.4) is 0 Å². The van der Waals surface area contributed by atoms with Gasteiger partial charge in [0.25, 0.3) is 0 Å². The van der Waals surface area contributed by atoms with Crippen molar-refractivity contribution in [1.29, 1.82) is 0 Å². The summed E-state index contributed by atoms with van der Waals surface area (Å²) in [6, 6.07) is 1.08. The number of hydrogen-bond donors (Lipinski definition) is 3. The second kappa shape index (κ2) is 8.86. The topological polar surface area (TPSA) is 83.3 Å². The fourth-order valence-corrected chi connectivity index (χ4v) is 2.96. The first-order valence-corrected chi connectivity index (χ1v) is 8.88. The van der Waals surface area contributed by atoms with Gasteiger partial charge in [-0.25, -0.2) is 0 Å². The van der Waals surface area contributed by atoms with Crippen molar-refractivity contribution in [3.63, 3.8) is 0 Å². The van der Waals surface area contributed by atoms with Gasteiger partial charge in [-0.15, -0.1) is 24.0 Å². The molecule has 0 aromatic carbocycles. The summed E-state index contributed by atoms with van der Waals surface area (Å²) >= 11 is 0. The van der Waals surface area contributed by atoms with Gasteiger partial charge in [-0.05, 0) is 45.1 Å². The van der Waals surface area contributed by atoms with Crippen LogP contribution in [0.2, 0.25) is 0 Å². The van der Waals surface area contributed by atoms with Gasteiger partial charge in [-0.1, -0.05) is 0 Å². The molecule has 3 N–H and O–H groups in total. The Morgan fingerprint density at radius 2 is 2.08 bits per heavy atom. The van der Waals surface area contributed by atoms with Crippen LogP contribution < -0.4 is 16.0 Å². The summed E-state index contributed by atoms with van der Waals surface area (Å²) in [6.45, 7) is 4.55. The third kappa shape index (κ3) is 5.58. The molecule has 140 valence electrons. The van der Waals surface area contributed by atoms with E-state index in [0.29, 0.717) is 24.1 Å². The molecule has 7 nitrogen and oxygen atoms in total. The highest BCUT2D eigenvalue weighted by Crippen LogP contribution is 2.21. The lowest BCUT2D eigenvalue weighted by atomic mass is 9.94. The van der Waals surface area contributed by atoms with Crippen LogP contribution in [0, 0.1) is 0 Å². The first kappa shape index (κ1) is 20.0. The van der Waals surface area contributed by atoms with Crippen LogP contribution in [0.15, 0.2) is 11.2 Å². The van der Waals surface area contributed by atoms with E-state index < -0.39 is 0 Å². The lowest BCUT2D eigenvalue weighted by Crippen LogP contribution is -2.48. The number of amides is 1. The molecular weight excluding hydrogens is 431 g/mol. The minimum atomic E-state index is 0. The van der Waals surface area contributed by atoms with Crippen molar-refractivity contribution in [3.8, 4) is 0 Å². The summed E-state index contributed by atoms with van der Waals surface area (Å²) in [7, 11) is 1.73. The molecule has 1 aromatic rings. The first-order valence-electron chi connectivity index (χ1n) is 8.88. The molecule has 1 fully saturated rings. The highest BCUT2D eigenvalue weighted by Gasteiger charge is 2.24. The zero-order valence-corrected chi connectivity index (χ0v) is 17.5. The second-order valence-corrected chi connectivity index (χ2v) is 7.03. The quantitative estimate of drug-likeness (QED) is 0.352. The number of aryl methyl sites for hydroxylation is 1. The fourth-order valence-electron chi connectivity index (χ4n) is 2.96. The Balaban J connectivity index is 0.00000225. The van der Waals surface area contributed by atoms with Gasteiger partial charge in [-0.2, -0.15) is 5.10 Å². The number of carbonyl (C=O) groups is 1. The van der Waals surface area contributed by atoms with E-state index in [0.717, 1.165) is 32.1 Å².